The van der Waals surface area contributed by atoms with E-state index >= 15 is 0 Å². The number of esters is 2. The van der Waals surface area contributed by atoms with Gasteiger partial charge >= 0.3 is 11.9 Å². The van der Waals surface area contributed by atoms with Gasteiger partial charge in [-0.3, -0.25) is 4.79 Å². The molecule has 0 rings (SSSR count). The van der Waals surface area contributed by atoms with Crippen molar-refractivity contribution >= 4 is 11.9 Å². The molecule has 0 N–H and O–H groups in total. The molecular formula is C46H85NO4. The minimum Gasteiger partial charge on any atom is -0.463 e. The van der Waals surface area contributed by atoms with E-state index in [2.05, 4.69) is 50.0 Å². The van der Waals surface area contributed by atoms with E-state index in [1.165, 1.54) is 102 Å². The van der Waals surface area contributed by atoms with Gasteiger partial charge in [0.15, 0.2) is 0 Å². The zero-order valence-electron chi connectivity index (χ0n) is 34.7. The molecule has 5 heteroatoms. The summed E-state index contributed by atoms with van der Waals surface area (Å²) >= 11 is 0. The fourth-order valence-corrected chi connectivity index (χ4v) is 6.42. The summed E-state index contributed by atoms with van der Waals surface area (Å²) in [5.41, 5.74) is 1.27. The Bertz CT molecular complexity index is 861. The third-order valence-electron chi connectivity index (χ3n) is 9.70. The minimum atomic E-state index is -0.158. The number of hydrogen-bond acceptors (Lipinski definition) is 5. The summed E-state index contributed by atoms with van der Waals surface area (Å²) in [5, 5.41) is 0. The van der Waals surface area contributed by atoms with Gasteiger partial charge in [-0.1, -0.05) is 141 Å². The van der Waals surface area contributed by atoms with Gasteiger partial charge in [0.1, 0.15) is 6.10 Å². The molecule has 0 bridgehead atoms. The number of unbranched alkanes of at least 4 members (excludes halogenated alkanes) is 18. The molecule has 51 heavy (non-hydrogen) atoms. The number of ether oxygens (including phenoxy) is 2. The Morgan fingerprint density at radius 2 is 1.06 bits per heavy atom. The highest BCUT2D eigenvalue weighted by Crippen LogP contribution is 2.19. The van der Waals surface area contributed by atoms with E-state index < -0.39 is 0 Å². The SMILES string of the molecule is CCCCC/C=C\C/C=C\CCCCCCCCC(CCCCCCCOC(=O)/C=C(\CCCC)CCCCCCC)OC(=O)CCCN(C)C. The molecule has 0 heterocycles. The first-order valence-corrected chi connectivity index (χ1v) is 21.9. The average molecular weight is 716 g/mol. The number of allylic oxidation sites excluding steroid dienone is 5. The van der Waals surface area contributed by atoms with Crippen LogP contribution in [0.15, 0.2) is 36.0 Å². The molecule has 0 saturated heterocycles. The van der Waals surface area contributed by atoms with Crippen LogP contribution in [-0.4, -0.2) is 50.2 Å². The van der Waals surface area contributed by atoms with Crippen molar-refractivity contribution in [3.8, 4) is 0 Å². The first-order chi connectivity index (χ1) is 24.9. The Labute approximate surface area is 317 Å². The molecule has 0 aromatic rings. The fraction of sp³-hybridized carbons (Fsp3) is 0.826. The highest BCUT2D eigenvalue weighted by Gasteiger charge is 2.14. The number of carbonyl (C=O) groups excluding carboxylic acids is 2. The maximum absolute atomic E-state index is 12.6. The molecule has 0 aromatic carbocycles. The first-order valence-electron chi connectivity index (χ1n) is 21.9. The fourth-order valence-electron chi connectivity index (χ4n) is 6.42. The van der Waals surface area contributed by atoms with Crippen molar-refractivity contribution in [2.75, 3.05) is 27.2 Å². The normalized spacial score (nSPS) is 12.8. The Morgan fingerprint density at radius 1 is 0.549 bits per heavy atom. The van der Waals surface area contributed by atoms with E-state index in [0.29, 0.717) is 13.0 Å². The molecule has 0 aliphatic rings. The highest BCUT2D eigenvalue weighted by atomic mass is 16.5. The van der Waals surface area contributed by atoms with Crippen LogP contribution in [0.3, 0.4) is 0 Å². The molecule has 0 radical (unpaired) electrons. The molecule has 1 atom stereocenters. The van der Waals surface area contributed by atoms with Gasteiger partial charge in [-0.15, -0.1) is 0 Å². The van der Waals surface area contributed by atoms with Gasteiger partial charge in [0, 0.05) is 12.5 Å². The zero-order chi connectivity index (χ0) is 37.5. The monoisotopic (exact) mass is 716 g/mol. The molecular weight excluding hydrogens is 631 g/mol. The van der Waals surface area contributed by atoms with Crippen LogP contribution in [0.1, 0.15) is 213 Å². The van der Waals surface area contributed by atoms with Crippen molar-refractivity contribution < 1.29 is 19.1 Å². The molecule has 0 saturated carbocycles. The lowest BCUT2D eigenvalue weighted by Gasteiger charge is -2.18. The molecule has 0 aromatic heterocycles. The van der Waals surface area contributed by atoms with Crippen molar-refractivity contribution in [3.63, 3.8) is 0 Å². The average Bonchev–Trinajstić information content (AvgIpc) is 3.10. The first kappa shape index (κ1) is 49.1. The van der Waals surface area contributed by atoms with Crippen molar-refractivity contribution in [1.82, 2.24) is 4.90 Å². The second-order valence-corrected chi connectivity index (χ2v) is 15.2. The summed E-state index contributed by atoms with van der Waals surface area (Å²) in [4.78, 5) is 27.2. The van der Waals surface area contributed by atoms with Crippen molar-refractivity contribution in [1.29, 1.82) is 0 Å². The summed E-state index contributed by atoms with van der Waals surface area (Å²) in [7, 11) is 4.09. The van der Waals surface area contributed by atoms with E-state index in [1.54, 1.807) is 6.08 Å². The molecule has 0 fully saturated rings. The smallest absolute Gasteiger partial charge is 0.330 e. The van der Waals surface area contributed by atoms with E-state index in [1.807, 2.05) is 14.1 Å². The standard InChI is InChI=1S/C46H85NO4/c1-6-9-12-14-15-16-17-18-19-20-21-22-23-24-27-31-37-44(51-45(48)39-34-40-47(4)5)38-32-28-25-29-33-41-50-46(49)42-43(35-11-8-3)36-30-26-13-10-7-2/h15-16,18-19,42,44H,6-14,17,20-41H2,1-5H3/b16-15-,19-18-,43-42+. The van der Waals surface area contributed by atoms with Gasteiger partial charge in [-0.25, -0.2) is 4.79 Å². The maximum Gasteiger partial charge on any atom is 0.330 e. The number of carbonyl (C=O) groups is 2. The largest absolute Gasteiger partial charge is 0.463 e. The van der Waals surface area contributed by atoms with Crippen LogP contribution in [0.5, 0.6) is 0 Å². The van der Waals surface area contributed by atoms with Crippen LogP contribution in [0, 0.1) is 0 Å². The van der Waals surface area contributed by atoms with Gasteiger partial charge in [-0.05, 0) is 117 Å². The van der Waals surface area contributed by atoms with E-state index in [9.17, 15) is 9.59 Å². The molecule has 5 nitrogen and oxygen atoms in total. The van der Waals surface area contributed by atoms with Gasteiger partial charge in [0.05, 0.1) is 6.61 Å². The lowest BCUT2D eigenvalue weighted by Crippen LogP contribution is -2.20. The van der Waals surface area contributed by atoms with E-state index in [0.717, 1.165) is 96.4 Å². The summed E-state index contributed by atoms with van der Waals surface area (Å²) in [5.74, 6) is -0.193. The van der Waals surface area contributed by atoms with Gasteiger partial charge in [0.2, 0.25) is 0 Å². The number of hydrogen-bond donors (Lipinski definition) is 0. The molecule has 0 spiro atoms. The van der Waals surface area contributed by atoms with Gasteiger partial charge in [0.25, 0.3) is 0 Å². The Balaban J connectivity index is 4.28. The van der Waals surface area contributed by atoms with Crippen molar-refractivity contribution in [3.05, 3.63) is 36.0 Å². The number of nitrogens with zero attached hydrogens (tertiary/aromatic N) is 1. The third-order valence-corrected chi connectivity index (χ3v) is 9.70. The predicted molar refractivity (Wildman–Crippen MR) is 221 cm³/mol. The lowest BCUT2D eigenvalue weighted by molar-refractivity contribution is -0.150. The van der Waals surface area contributed by atoms with E-state index in [4.69, 9.17) is 9.47 Å². The summed E-state index contributed by atoms with van der Waals surface area (Å²) in [6.45, 7) is 8.12. The van der Waals surface area contributed by atoms with Crippen molar-refractivity contribution in [2.45, 2.75) is 219 Å². The van der Waals surface area contributed by atoms with Gasteiger partial charge < -0.3 is 14.4 Å². The Hall–Kier alpha value is -1.88. The summed E-state index contributed by atoms with van der Waals surface area (Å²) < 4.78 is 11.6. The van der Waals surface area contributed by atoms with Crippen LogP contribution in [0.25, 0.3) is 0 Å². The quantitative estimate of drug-likeness (QED) is 0.0276. The predicted octanol–water partition coefficient (Wildman–Crippen LogP) is 13.8. The lowest BCUT2D eigenvalue weighted by atomic mass is 10.0. The Kier molecular flexibility index (Phi) is 37.9. The maximum atomic E-state index is 12.6. The second kappa shape index (κ2) is 39.3. The van der Waals surface area contributed by atoms with Crippen LogP contribution in [0.2, 0.25) is 0 Å². The van der Waals surface area contributed by atoms with Gasteiger partial charge in [-0.2, -0.15) is 0 Å². The van der Waals surface area contributed by atoms with Crippen LogP contribution >= 0.6 is 0 Å². The highest BCUT2D eigenvalue weighted by molar-refractivity contribution is 5.82. The van der Waals surface area contributed by atoms with Crippen LogP contribution in [-0.2, 0) is 19.1 Å². The third kappa shape index (κ3) is 37.7. The van der Waals surface area contributed by atoms with Crippen LogP contribution in [0.4, 0.5) is 0 Å². The Morgan fingerprint density at radius 3 is 1.69 bits per heavy atom. The molecule has 0 aliphatic heterocycles. The summed E-state index contributed by atoms with van der Waals surface area (Å²) in [6, 6.07) is 0. The summed E-state index contributed by atoms with van der Waals surface area (Å²) in [6.07, 6.45) is 45.3. The molecule has 0 aliphatic carbocycles. The molecule has 1 unspecified atom stereocenters. The zero-order valence-corrected chi connectivity index (χ0v) is 34.7. The minimum absolute atomic E-state index is 0.0351. The topological polar surface area (TPSA) is 55.8 Å². The second-order valence-electron chi connectivity index (χ2n) is 15.2. The number of rotatable bonds is 38. The van der Waals surface area contributed by atoms with Crippen LogP contribution < -0.4 is 0 Å². The van der Waals surface area contributed by atoms with Crippen molar-refractivity contribution in [2.24, 2.45) is 0 Å². The molecule has 0 amide bonds. The van der Waals surface area contributed by atoms with E-state index in [-0.39, 0.29) is 18.0 Å². The molecule has 298 valence electrons.